The fourth-order valence-corrected chi connectivity index (χ4v) is 11.4. The fourth-order valence-electron chi connectivity index (χ4n) is 5.87. The molecule has 0 aromatic carbocycles. The Bertz CT molecular complexity index is 872. The van der Waals surface area contributed by atoms with Gasteiger partial charge in [-0.3, -0.25) is 0 Å². The van der Waals surface area contributed by atoms with E-state index in [2.05, 4.69) is 56.8 Å². The molecule has 1 saturated carbocycles. The largest absolute Gasteiger partial charge is 0.478 e. The standard InChI is InChI=1S/C24H39N3O3Si/c1-15(2)31(16(3)4,17(5)6)30-14-18-8-7-9-19(12-18)27-22-20-10-11-25-23(20)26-13-21(22)24(28)29/h10-11,13,15-19H,7-9,12,14H2,1-6H3,(H,28,29)(H2,25,26,27)/t18-,19-/m0/s1. The Labute approximate surface area is 187 Å². The molecule has 1 aliphatic carbocycles. The third kappa shape index (κ3) is 4.82. The van der Waals surface area contributed by atoms with E-state index in [-0.39, 0.29) is 11.6 Å². The SMILES string of the molecule is CC(C)[Si](OC[C@H]1CCC[C@H](Nc2c(C(=O)O)cnc3[nH]ccc23)C1)(C(C)C)C(C)C. The summed E-state index contributed by atoms with van der Waals surface area (Å²) in [5, 5.41) is 14.1. The summed E-state index contributed by atoms with van der Waals surface area (Å²) in [6.07, 6.45) is 7.62. The third-order valence-corrected chi connectivity index (χ3v) is 13.3. The van der Waals surface area contributed by atoms with Crippen molar-refractivity contribution in [1.29, 1.82) is 0 Å². The molecule has 2 aromatic rings. The predicted octanol–water partition coefficient (Wildman–Crippen LogP) is 6.42. The van der Waals surface area contributed by atoms with E-state index in [1.165, 1.54) is 12.6 Å². The quantitative estimate of drug-likeness (QED) is 0.387. The van der Waals surface area contributed by atoms with E-state index in [9.17, 15) is 9.90 Å². The molecule has 6 nitrogen and oxygen atoms in total. The molecule has 0 unspecified atom stereocenters. The summed E-state index contributed by atoms with van der Waals surface area (Å²) in [5.74, 6) is -0.443. The summed E-state index contributed by atoms with van der Waals surface area (Å²) >= 11 is 0. The summed E-state index contributed by atoms with van der Waals surface area (Å²) in [4.78, 5) is 19.1. The van der Waals surface area contributed by atoms with Crippen molar-refractivity contribution in [3.05, 3.63) is 24.0 Å². The lowest BCUT2D eigenvalue weighted by Crippen LogP contribution is -2.49. The van der Waals surface area contributed by atoms with E-state index < -0.39 is 14.3 Å². The normalized spacial score (nSPS) is 20.2. The number of fused-ring (bicyclic) bond motifs is 1. The zero-order valence-electron chi connectivity index (χ0n) is 19.9. The molecule has 2 heterocycles. The van der Waals surface area contributed by atoms with Gasteiger partial charge in [0.1, 0.15) is 11.2 Å². The molecule has 0 saturated heterocycles. The maximum Gasteiger partial charge on any atom is 0.339 e. The lowest BCUT2D eigenvalue weighted by Gasteiger charge is -2.43. The minimum Gasteiger partial charge on any atom is -0.478 e. The van der Waals surface area contributed by atoms with Crippen LogP contribution in [-0.4, -0.2) is 42.0 Å². The second-order valence-electron chi connectivity index (χ2n) is 10.1. The average Bonchev–Trinajstić information content (AvgIpc) is 3.17. The van der Waals surface area contributed by atoms with Gasteiger partial charge in [-0.05, 0) is 47.9 Å². The van der Waals surface area contributed by atoms with Crippen LogP contribution in [0, 0.1) is 5.92 Å². The molecule has 0 bridgehead atoms. The predicted molar refractivity (Wildman–Crippen MR) is 129 cm³/mol. The van der Waals surface area contributed by atoms with E-state index in [4.69, 9.17) is 4.43 Å². The van der Waals surface area contributed by atoms with Crippen molar-refractivity contribution < 1.29 is 14.3 Å². The van der Waals surface area contributed by atoms with Crippen molar-refractivity contribution >= 4 is 31.0 Å². The van der Waals surface area contributed by atoms with Crippen LogP contribution >= 0.6 is 0 Å². The van der Waals surface area contributed by atoms with Crippen molar-refractivity contribution in [2.24, 2.45) is 5.92 Å². The zero-order chi connectivity index (χ0) is 22.8. The van der Waals surface area contributed by atoms with E-state index in [1.807, 2.05) is 6.07 Å². The Balaban J connectivity index is 1.73. The number of nitrogens with zero attached hydrogens (tertiary/aromatic N) is 1. The molecule has 3 N–H and O–H groups in total. The summed E-state index contributed by atoms with van der Waals surface area (Å²) in [6.45, 7) is 14.8. The van der Waals surface area contributed by atoms with E-state index in [0.717, 1.165) is 31.3 Å². The Hall–Kier alpha value is -1.86. The lowest BCUT2D eigenvalue weighted by molar-refractivity contribution is 0.0697. The van der Waals surface area contributed by atoms with Crippen LogP contribution in [0.15, 0.2) is 18.5 Å². The number of aromatic nitrogens is 2. The van der Waals surface area contributed by atoms with Gasteiger partial charge in [0.2, 0.25) is 0 Å². The van der Waals surface area contributed by atoms with Crippen LogP contribution in [0.5, 0.6) is 0 Å². The highest BCUT2D eigenvalue weighted by Crippen LogP contribution is 2.43. The number of carboxylic acid groups (broad SMARTS) is 1. The number of nitrogens with one attached hydrogen (secondary N) is 2. The van der Waals surface area contributed by atoms with Crippen LogP contribution in [0.3, 0.4) is 0 Å². The molecular formula is C24H39N3O3Si. The third-order valence-electron chi connectivity index (χ3n) is 7.22. The zero-order valence-corrected chi connectivity index (χ0v) is 20.9. The van der Waals surface area contributed by atoms with Gasteiger partial charge in [0.15, 0.2) is 8.32 Å². The van der Waals surface area contributed by atoms with Gasteiger partial charge in [-0.15, -0.1) is 0 Å². The summed E-state index contributed by atoms with van der Waals surface area (Å²) in [7, 11) is -1.87. The summed E-state index contributed by atoms with van der Waals surface area (Å²) in [6, 6.07) is 2.14. The number of rotatable bonds is 9. The molecule has 2 aromatic heterocycles. The van der Waals surface area contributed by atoms with Gasteiger partial charge in [-0.2, -0.15) is 0 Å². The number of hydrogen-bond donors (Lipinski definition) is 3. The van der Waals surface area contributed by atoms with Crippen LogP contribution in [0.25, 0.3) is 11.0 Å². The first-order valence-electron chi connectivity index (χ1n) is 11.8. The van der Waals surface area contributed by atoms with E-state index in [0.29, 0.717) is 33.9 Å². The molecule has 2 atom stereocenters. The molecular weight excluding hydrogens is 406 g/mol. The second-order valence-corrected chi connectivity index (χ2v) is 15.6. The van der Waals surface area contributed by atoms with Crippen molar-refractivity contribution in [3.8, 4) is 0 Å². The molecule has 172 valence electrons. The Morgan fingerprint density at radius 2 is 1.90 bits per heavy atom. The number of aromatic amines is 1. The van der Waals surface area contributed by atoms with Crippen molar-refractivity contribution in [2.45, 2.75) is 89.9 Å². The van der Waals surface area contributed by atoms with Gasteiger partial charge < -0.3 is 19.8 Å². The maximum atomic E-state index is 11.8. The first-order chi connectivity index (χ1) is 14.7. The lowest BCUT2D eigenvalue weighted by atomic mass is 9.86. The van der Waals surface area contributed by atoms with E-state index in [1.54, 1.807) is 6.20 Å². The van der Waals surface area contributed by atoms with Gasteiger partial charge in [0.05, 0.1) is 5.69 Å². The van der Waals surface area contributed by atoms with Crippen molar-refractivity contribution in [2.75, 3.05) is 11.9 Å². The Morgan fingerprint density at radius 3 is 2.52 bits per heavy atom. The number of carboxylic acids is 1. The van der Waals surface area contributed by atoms with E-state index >= 15 is 0 Å². The molecule has 7 heteroatoms. The maximum absolute atomic E-state index is 11.8. The molecule has 3 rings (SSSR count). The molecule has 31 heavy (non-hydrogen) atoms. The minimum atomic E-state index is -1.87. The van der Waals surface area contributed by atoms with Gasteiger partial charge in [-0.25, -0.2) is 9.78 Å². The number of anilines is 1. The Kier molecular flexibility index (Phi) is 7.47. The number of carbonyl (C=O) groups is 1. The number of hydrogen-bond acceptors (Lipinski definition) is 4. The minimum absolute atomic E-state index is 0.233. The van der Waals surface area contributed by atoms with Gasteiger partial charge in [0, 0.05) is 30.4 Å². The number of aromatic carboxylic acids is 1. The highest BCUT2D eigenvalue weighted by Gasteiger charge is 2.45. The average molecular weight is 446 g/mol. The van der Waals surface area contributed by atoms with Gasteiger partial charge in [-0.1, -0.05) is 48.0 Å². The summed E-state index contributed by atoms with van der Waals surface area (Å²) in [5.41, 5.74) is 3.38. The first kappa shape index (κ1) is 23.8. The van der Waals surface area contributed by atoms with Crippen LogP contribution in [0.2, 0.25) is 16.6 Å². The Morgan fingerprint density at radius 1 is 1.23 bits per heavy atom. The van der Waals surface area contributed by atoms with Crippen molar-refractivity contribution in [1.82, 2.24) is 9.97 Å². The van der Waals surface area contributed by atoms with Gasteiger partial charge >= 0.3 is 5.97 Å². The molecule has 1 aliphatic rings. The molecule has 1 fully saturated rings. The van der Waals surface area contributed by atoms with Crippen molar-refractivity contribution in [3.63, 3.8) is 0 Å². The highest BCUT2D eigenvalue weighted by atomic mass is 28.4. The second kappa shape index (κ2) is 9.73. The topological polar surface area (TPSA) is 87.2 Å². The summed E-state index contributed by atoms with van der Waals surface area (Å²) < 4.78 is 6.87. The molecule has 0 spiro atoms. The van der Waals surface area contributed by atoms with Crippen LogP contribution in [-0.2, 0) is 4.43 Å². The van der Waals surface area contributed by atoms with Crippen LogP contribution in [0.4, 0.5) is 5.69 Å². The smallest absolute Gasteiger partial charge is 0.339 e. The van der Waals surface area contributed by atoms with Crippen LogP contribution < -0.4 is 5.32 Å². The van der Waals surface area contributed by atoms with Crippen LogP contribution in [0.1, 0.15) is 77.6 Å². The molecule has 0 radical (unpaired) electrons. The number of H-pyrrole nitrogens is 1. The number of pyridine rings is 1. The molecule has 0 amide bonds. The molecule has 0 aliphatic heterocycles. The van der Waals surface area contributed by atoms with Gasteiger partial charge in [0.25, 0.3) is 0 Å². The first-order valence-corrected chi connectivity index (χ1v) is 13.9. The monoisotopic (exact) mass is 445 g/mol. The highest BCUT2D eigenvalue weighted by molar-refractivity contribution is 6.77. The fraction of sp³-hybridized carbons (Fsp3) is 0.667.